The van der Waals surface area contributed by atoms with Crippen LogP contribution in [0.15, 0.2) is 22.0 Å². The van der Waals surface area contributed by atoms with E-state index in [1.807, 2.05) is 0 Å². The van der Waals surface area contributed by atoms with Gasteiger partial charge in [-0.15, -0.1) is 0 Å². The Bertz CT molecular complexity index is 1010. The first kappa shape index (κ1) is 24.6. The van der Waals surface area contributed by atoms with Crippen LogP contribution in [0, 0.1) is 12.8 Å². The lowest BCUT2D eigenvalue weighted by molar-refractivity contribution is -0.161. The smallest absolute Gasteiger partial charge is 0.309 e. The average molecular weight is 455 g/mol. The number of piperidine rings is 1. The van der Waals surface area contributed by atoms with Gasteiger partial charge in [0.05, 0.1) is 17.0 Å². The molecule has 172 valence electrons. The van der Waals surface area contributed by atoms with Gasteiger partial charge in [-0.1, -0.05) is 0 Å². The van der Waals surface area contributed by atoms with Crippen LogP contribution in [0.25, 0.3) is 0 Å². The molecule has 0 radical (unpaired) electrons. The van der Waals surface area contributed by atoms with Gasteiger partial charge in [0.2, 0.25) is 10.0 Å². The van der Waals surface area contributed by atoms with Crippen LogP contribution >= 0.6 is 0 Å². The summed E-state index contributed by atoms with van der Waals surface area (Å²) < 4.78 is 29.7. The number of ether oxygens (including phenoxy) is 1. The highest BCUT2D eigenvalue weighted by Crippen LogP contribution is 2.33. The molecule has 2 atom stereocenters. The normalized spacial score (nSPS) is 19.6. The van der Waals surface area contributed by atoms with Crippen LogP contribution in [0.5, 0.6) is 0 Å². The first-order valence-electron chi connectivity index (χ1n) is 9.66. The van der Waals surface area contributed by atoms with Crippen LogP contribution in [0.3, 0.4) is 0 Å². The maximum atomic E-state index is 12.4. The Morgan fingerprint density at radius 2 is 1.84 bits per heavy atom. The molecule has 12 heteroatoms. The van der Waals surface area contributed by atoms with Gasteiger partial charge in [-0.3, -0.25) is 9.59 Å². The highest BCUT2D eigenvalue weighted by atomic mass is 32.2. The summed E-state index contributed by atoms with van der Waals surface area (Å²) in [6.07, 6.45) is 0.121. The van der Waals surface area contributed by atoms with Gasteiger partial charge in [-0.2, -0.15) is 4.99 Å². The second-order valence-corrected chi connectivity index (χ2v) is 10.1. The zero-order valence-electron chi connectivity index (χ0n) is 18.1. The van der Waals surface area contributed by atoms with Gasteiger partial charge in [-0.05, 0) is 58.2 Å². The summed E-state index contributed by atoms with van der Waals surface area (Å²) in [5, 5.41) is 5.35. The number of nitrogens with two attached hydrogens (primary N) is 4. The first-order chi connectivity index (χ1) is 14.1. The van der Waals surface area contributed by atoms with E-state index in [0.717, 1.165) is 6.07 Å². The minimum Gasteiger partial charge on any atom is -0.460 e. The van der Waals surface area contributed by atoms with Crippen molar-refractivity contribution in [2.75, 3.05) is 11.4 Å². The molecule has 8 N–H and O–H groups in total. The summed E-state index contributed by atoms with van der Waals surface area (Å²) in [5.74, 6) is -2.00. The van der Waals surface area contributed by atoms with E-state index in [1.54, 1.807) is 32.6 Å². The van der Waals surface area contributed by atoms with Crippen molar-refractivity contribution < 1.29 is 22.7 Å². The van der Waals surface area contributed by atoms with Crippen LogP contribution in [0.1, 0.15) is 49.5 Å². The first-order valence-corrected chi connectivity index (χ1v) is 11.2. The number of benzene rings is 1. The third-order valence-corrected chi connectivity index (χ3v) is 5.85. The van der Waals surface area contributed by atoms with Crippen molar-refractivity contribution in [2.45, 2.75) is 57.2 Å². The molecule has 1 saturated heterocycles. The molecule has 2 rings (SSSR count). The summed E-state index contributed by atoms with van der Waals surface area (Å²) in [4.78, 5) is 29.7. The molecule has 1 amide bonds. The van der Waals surface area contributed by atoms with Crippen LogP contribution in [-0.4, -0.2) is 44.6 Å². The number of aliphatic imine (C=N–C) groups is 1. The molecule has 1 aliphatic rings. The Morgan fingerprint density at radius 3 is 2.32 bits per heavy atom. The number of rotatable bonds is 4. The number of nitrogens with zero attached hydrogens (tertiary/aromatic N) is 2. The van der Waals surface area contributed by atoms with Crippen LogP contribution in [0.4, 0.5) is 5.69 Å². The Kier molecular flexibility index (Phi) is 6.98. The van der Waals surface area contributed by atoms with E-state index in [2.05, 4.69) is 4.99 Å². The van der Waals surface area contributed by atoms with E-state index in [1.165, 1.54) is 6.07 Å². The summed E-state index contributed by atoms with van der Waals surface area (Å²) >= 11 is 0. The summed E-state index contributed by atoms with van der Waals surface area (Å²) in [6.45, 7) is 7.28. The van der Waals surface area contributed by atoms with Crippen LogP contribution in [0.2, 0.25) is 0 Å². The number of carbonyl (C=O) groups is 2. The zero-order valence-corrected chi connectivity index (χ0v) is 18.9. The van der Waals surface area contributed by atoms with E-state index in [0.29, 0.717) is 30.6 Å². The maximum absolute atomic E-state index is 12.4. The molecule has 1 aromatic rings. The predicted octanol–water partition coefficient (Wildman–Crippen LogP) is -0.101. The number of amides is 1. The molecule has 31 heavy (non-hydrogen) atoms. The minimum absolute atomic E-state index is 0.0560. The van der Waals surface area contributed by atoms with Crippen molar-refractivity contribution in [2.24, 2.45) is 33.3 Å². The van der Waals surface area contributed by atoms with Crippen molar-refractivity contribution in [1.82, 2.24) is 0 Å². The van der Waals surface area contributed by atoms with E-state index < -0.39 is 39.6 Å². The lowest BCUT2D eigenvalue weighted by Gasteiger charge is -2.39. The van der Waals surface area contributed by atoms with E-state index >= 15 is 0 Å². The summed E-state index contributed by atoms with van der Waals surface area (Å²) in [5.41, 5.74) is 16.9. The number of esters is 1. The average Bonchev–Trinajstić information content (AvgIpc) is 2.59. The highest BCUT2D eigenvalue weighted by molar-refractivity contribution is 7.89. The van der Waals surface area contributed by atoms with Gasteiger partial charge in [-0.25, -0.2) is 13.6 Å². The second kappa shape index (κ2) is 8.81. The van der Waals surface area contributed by atoms with Crippen LogP contribution in [-0.2, 0) is 19.6 Å². The molecule has 1 fully saturated rings. The SMILES string of the molecule is Cc1c(N2CCC(C(=O)OC(C)(C)C)CC2N)cc(C(=O)N=C(N)N)cc1S(N)(=O)=O. The molecule has 1 aromatic carbocycles. The van der Waals surface area contributed by atoms with Crippen molar-refractivity contribution in [3.8, 4) is 0 Å². The van der Waals surface area contributed by atoms with Gasteiger partial charge in [0.25, 0.3) is 5.91 Å². The lowest BCUT2D eigenvalue weighted by atomic mass is 9.93. The third kappa shape index (κ3) is 6.15. The number of guanidine groups is 1. The van der Waals surface area contributed by atoms with Gasteiger partial charge in [0, 0.05) is 17.8 Å². The molecule has 0 bridgehead atoms. The third-order valence-electron chi connectivity index (χ3n) is 4.81. The lowest BCUT2D eigenvalue weighted by Crippen LogP contribution is -2.50. The van der Waals surface area contributed by atoms with Crippen molar-refractivity contribution in [3.63, 3.8) is 0 Å². The fourth-order valence-electron chi connectivity index (χ4n) is 3.47. The summed E-state index contributed by atoms with van der Waals surface area (Å²) in [7, 11) is -4.15. The molecule has 0 spiro atoms. The number of anilines is 1. The molecule has 1 aliphatic heterocycles. The number of hydrogen-bond donors (Lipinski definition) is 4. The van der Waals surface area contributed by atoms with Gasteiger partial charge in [0.15, 0.2) is 5.96 Å². The van der Waals surface area contributed by atoms with E-state index in [9.17, 15) is 18.0 Å². The molecule has 0 saturated carbocycles. The van der Waals surface area contributed by atoms with Crippen molar-refractivity contribution in [1.29, 1.82) is 0 Å². The highest BCUT2D eigenvalue weighted by Gasteiger charge is 2.34. The van der Waals surface area contributed by atoms with Crippen LogP contribution < -0.4 is 27.2 Å². The minimum atomic E-state index is -4.15. The molecule has 1 heterocycles. The monoisotopic (exact) mass is 454 g/mol. The van der Waals surface area contributed by atoms with Gasteiger partial charge < -0.3 is 26.8 Å². The largest absolute Gasteiger partial charge is 0.460 e. The maximum Gasteiger partial charge on any atom is 0.309 e. The Hall–Kier alpha value is -2.70. The topological polar surface area (TPSA) is 197 Å². The number of carbonyl (C=O) groups excluding carboxylic acids is 2. The Labute approximate surface area is 181 Å². The molecular weight excluding hydrogens is 424 g/mol. The standard InChI is InChI=1S/C19H30N6O5S/c1-10-13(7-12(16(26)24-18(21)22)8-14(10)31(23,28)29)25-6-5-11(9-15(25)20)17(27)30-19(2,3)4/h7-8,11,15H,5-6,9,20H2,1-4H3,(H2,23,28,29)(H4,21,22,24,26). The van der Waals surface area contributed by atoms with Gasteiger partial charge in [0.1, 0.15) is 5.60 Å². The number of sulfonamides is 1. The molecule has 2 unspecified atom stereocenters. The molecule has 0 aliphatic carbocycles. The van der Waals surface area contributed by atoms with Gasteiger partial charge >= 0.3 is 5.97 Å². The molecule has 11 nitrogen and oxygen atoms in total. The predicted molar refractivity (Wildman–Crippen MR) is 117 cm³/mol. The zero-order chi connectivity index (χ0) is 23.7. The van der Waals surface area contributed by atoms with Crippen molar-refractivity contribution >= 4 is 33.5 Å². The fraction of sp³-hybridized carbons (Fsp3) is 0.526. The fourth-order valence-corrected chi connectivity index (χ4v) is 4.29. The Balaban J connectivity index is 2.43. The quantitative estimate of drug-likeness (QED) is 0.272. The Morgan fingerprint density at radius 1 is 1.23 bits per heavy atom. The number of primary sulfonamides is 1. The van der Waals surface area contributed by atoms with E-state index in [-0.39, 0.29) is 16.4 Å². The molecule has 0 aromatic heterocycles. The number of hydrogen-bond acceptors (Lipinski definition) is 7. The summed E-state index contributed by atoms with van der Waals surface area (Å²) in [6, 6.07) is 2.59. The second-order valence-electron chi connectivity index (χ2n) is 8.52. The molecular formula is C19H30N6O5S. The van der Waals surface area contributed by atoms with E-state index in [4.69, 9.17) is 27.1 Å². The van der Waals surface area contributed by atoms with Crippen molar-refractivity contribution in [3.05, 3.63) is 23.3 Å².